The predicted molar refractivity (Wildman–Crippen MR) is 90.2 cm³/mol. The number of rotatable bonds is 4. The van der Waals surface area contributed by atoms with Crippen LogP contribution in [0.5, 0.6) is 0 Å². The Bertz CT molecular complexity index is 600. The molecule has 3 heterocycles. The summed E-state index contributed by atoms with van der Waals surface area (Å²) >= 11 is 1.88. The van der Waals surface area contributed by atoms with E-state index in [1.165, 1.54) is 29.0 Å². The van der Waals surface area contributed by atoms with Gasteiger partial charge >= 0.3 is 0 Å². The Hall–Kier alpha value is -1.17. The molecule has 22 heavy (non-hydrogen) atoms. The Balaban J connectivity index is 1.57. The molecule has 0 amide bonds. The van der Waals surface area contributed by atoms with Crippen molar-refractivity contribution in [1.82, 2.24) is 15.0 Å². The molecule has 0 saturated carbocycles. The molecule has 0 unspecified atom stereocenters. The molecule has 0 aromatic carbocycles. The van der Waals surface area contributed by atoms with Crippen molar-refractivity contribution in [2.75, 3.05) is 26.2 Å². The molecule has 0 spiro atoms. The van der Waals surface area contributed by atoms with Crippen molar-refractivity contribution < 1.29 is 4.52 Å². The fourth-order valence-corrected chi connectivity index (χ4v) is 4.01. The van der Waals surface area contributed by atoms with Crippen molar-refractivity contribution in [3.8, 4) is 0 Å². The molecule has 0 bridgehead atoms. The summed E-state index contributed by atoms with van der Waals surface area (Å²) in [4.78, 5) is 6.64. The van der Waals surface area contributed by atoms with Gasteiger partial charge in [-0.05, 0) is 57.3 Å². The Morgan fingerprint density at radius 1 is 1.09 bits per heavy atom. The maximum absolute atomic E-state index is 5.29. The molecule has 1 aliphatic heterocycles. The summed E-state index contributed by atoms with van der Waals surface area (Å²) in [5.74, 6) is 0.966. The molecule has 5 heteroatoms. The number of nitrogens with zero attached hydrogens (tertiary/aromatic N) is 3. The van der Waals surface area contributed by atoms with Crippen LogP contribution in [0, 0.1) is 20.8 Å². The van der Waals surface area contributed by atoms with Crippen LogP contribution in [0.4, 0.5) is 0 Å². The molecule has 2 aromatic rings. The Labute approximate surface area is 136 Å². The van der Waals surface area contributed by atoms with Gasteiger partial charge in [-0.1, -0.05) is 5.16 Å². The molecule has 4 nitrogen and oxygen atoms in total. The fourth-order valence-electron chi connectivity index (χ4n) is 3.06. The van der Waals surface area contributed by atoms with Crippen LogP contribution in [0.2, 0.25) is 0 Å². The van der Waals surface area contributed by atoms with Gasteiger partial charge < -0.3 is 4.52 Å². The van der Waals surface area contributed by atoms with Crippen LogP contribution in [0.1, 0.15) is 33.9 Å². The minimum absolute atomic E-state index is 0.965. The van der Waals surface area contributed by atoms with Gasteiger partial charge in [0.25, 0.3) is 0 Å². The molecule has 0 aliphatic carbocycles. The van der Waals surface area contributed by atoms with Gasteiger partial charge in [0, 0.05) is 36.6 Å². The smallest absolute Gasteiger partial charge is 0.138 e. The predicted octanol–water partition coefficient (Wildman–Crippen LogP) is 3.37. The summed E-state index contributed by atoms with van der Waals surface area (Å²) in [5.41, 5.74) is 3.73. The number of hydrogen-bond acceptors (Lipinski definition) is 5. The number of hydrogen-bond donors (Lipinski definition) is 0. The van der Waals surface area contributed by atoms with Crippen molar-refractivity contribution >= 4 is 11.3 Å². The maximum atomic E-state index is 5.29. The second kappa shape index (κ2) is 6.94. The average molecular weight is 319 g/mol. The molecule has 120 valence electrons. The second-order valence-electron chi connectivity index (χ2n) is 6.24. The highest BCUT2D eigenvalue weighted by molar-refractivity contribution is 7.10. The molecular formula is C17H25N3OS. The van der Waals surface area contributed by atoms with E-state index in [2.05, 4.69) is 33.3 Å². The van der Waals surface area contributed by atoms with E-state index >= 15 is 0 Å². The Morgan fingerprint density at radius 3 is 2.41 bits per heavy atom. The van der Waals surface area contributed by atoms with E-state index < -0.39 is 0 Å². The van der Waals surface area contributed by atoms with Crippen LogP contribution in [-0.4, -0.2) is 41.1 Å². The van der Waals surface area contributed by atoms with Gasteiger partial charge in [0.15, 0.2) is 0 Å². The van der Waals surface area contributed by atoms with E-state index in [1.807, 2.05) is 25.2 Å². The van der Waals surface area contributed by atoms with Gasteiger partial charge in [-0.15, -0.1) is 11.3 Å². The van der Waals surface area contributed by atoms with Crippen LogP contribution in [-0.2, 0) is 13.1 Å². The summed E-state index contributed by atoms with van der Waals surface area (Å²) in [7, 11) is 0. The van der Waals surface area contributed by atoms with E-state index in [-0.39, 0.29) is 0 Å². The molecule has 0 atom stereocenters. The van der Waals surface area contributed by atoms with E-state index in [0.717, 1.165) is 44.2 Å². The zero-order chi connectivity index (χ0) is 15.5. The maximum Gasteiger partial charge on any atom is 0.138 e. The standard InChI is InChI=1S/C17H25N3OS/c1-13-5-10-22-17(13)12-20-7-4-6-19(8-9-20)11-16-14(2)18-21-15(16)3/h5,10H,4,6-9,11-12H2,1-3H3. The molecule has 2 aromatic heterocycles. The first kappa shape index (κ1) is 15.7. The zero-order valence-corrected chi connectivity index (χ0v) is 14.6. The Kier molecular flexibility index (Phi) is 4.96. The van der Waals surface area contributed by atoms with Crippen molar-refractivity contribution in [2.24, 2.45) is 0 Å². The summed E-state index contributed by atoms with van der Waals surface area (Å²) in [5, 5.41) is 6.27. The third kappa shape index (κ3) is 3.59. The molecule has 0 radical (unpaired) electrons. The molecule has 3 rings (SSSR count). The lowest BCUT2D eigenvalue weighted by Crippen LogP contribution is -2.30. The van der Waals surface area contributed by atoms with Crippen molar-refractivity contribution in [2.45, 2.75) is 40.3 Å². The molecule has 1 aliphatic rings. The monoisotopic (exact) mass is 319 g/mol. The van der Waals surface area contributed by atoms with Crippen LogP contribution in [0.25, 0.3) is 0 Å². The summed E-state index contributed by atoms with van der Waals surface area (Å²) in [6.45, 7) is 12.9. The number of aromatic nitrogens is 1. The summed E-state index contributed by atoms with van der Waals surface area (Å²) in [6.07, 6.45) is 1.23. The van der Waals surface area contributed by atoms with Gasteiger partial charge in [-0.3, -0.25) is 9.80 Å². The SMILES string of the molecule is Cc1ccsc1CN1CCCN(Cc2c(C)noc2C)CC1. The van der Waals surface area contributed by atoms with Crippen LogP contribution in [0.15, 0.2) is 16.0 Å². The van der Waals surface area contributed by atoms with Crippen molar-refractivity contribution in [3.63, 3.8) is 0 Å². The van der Waals surface area contributed by atoms with Gasteiger partial charge in [-0.25, -0.2) is 0 Å². The first-order valence-corrected chi connectivity index (χ1v) is 8.91. The van der Waals surface area contributed by atoms with Crippen LogP contribution < -0.4 is 0 Å². The second-order valence-corrected chi connectivity index (χ2v) is 7.24. The fraction of sp³-hybridized carbons (Fsp3) is 0.588. The summed E-state index contributed by atoms with van der Waals surface area (Å²) in [6, 6.07) is 2.22. The largest absolute Gasteiger partial charge is 0.361 e. The molecule has 0 N–H and O–H groups in total. The first-order valence-electron chi connectivity index (χ1n) is 8.03. The highest BCUT2D eigenvalue weighted by atomic mass is 32.1. The molecular weight excluding hydrogens is 294 g/mol. The lowest BCUT2D eigenvalue weighted by molar-refractivity contribution is 0.247. The lowest BCUT2D eigenvalue weighted by atomic mass is 10.2. The zero-order valence-electron chi connectivity index (χ0n) is 13.8. The van der Waals surface area contributed by atoms with Gasteiger partial charge in [0.1, 0.15) is 5.76 Å². The first-order chi connectivity index (χ1) is 10.6. The number of aryl methyl sites for hydroxylation is 3. The third-order valence-electron chi connectivity index (χ3n) is 4.58. The van der Waals surface area contributed by atoms with Gasteiger partial charge in [0.05, 0.1) is 5.69 Å². The highest BCUT2D eigenvalue weighted by Gasteiger charge is 2.18. The van der Waals surface area contributed by atoms with Crippen LogP contribution >= 0.6 is 11.3 Å². The van der Waals surface area contributed by atoms with E-state index in [0.29, 0.717) is 0 Å². The van der Waals surface area contributed by atoms with Crippen molar-refractivity contribution in [1.29, 1.82) is 0 Å². The van der Waals surface area contributed by atoms with Crippen molar-refractivity contribution in [3.05, 3.63) is 38.9 Å². The highest BCUT2D eigenvalue weighted by Crippen LogP contribution is 2.20. The van der Waals surface area contributed by atoms with Gasteiger partial charge in [0.2, 0.25) is 0 Å². The quantitative estimate of drug-likeness (QED) is 0.865. The molecule has 1 fully saturated rings. The third-order valence-corrected chi connectivity index (χ3v) is 5.59. The normalized spacial score (nSPS) is 17.8. The number of thiophene rings is 1. The minimum atomic E-state index is 0.965. The van der Waals surface area contributed by atoms with Crippen LogP contribution in [0.3, 0.4) is 0 Å². The average Bonchev–Trinajstić information content (AvgIpc) is 2.94. The van der Waals surface area contributed by atoms with E-state index in [4.69, 9.17) is 4.52 Å². The topological polar surface area (TPSA) is 32.5 Å². The summed E-state index contributed by atoms with van der Waals surface area (Å²) < 4.78 is 5.29. The minimum Gasteiger partial charge on any atom is -0.361 e. The van der Waals surface area contributed by atoms with E-state index in [1.54, 1.807) is 0 Å². The lowest BCUT2D eigenvalue weighted by Gasteiger charge is -2.21. The Morgan fingerprint density at radius 2 is 1.82 bits per heavy atom. The molecule has 1 saturated heterocycles. The van der Waals surface area contributed by atoms with E-state index in [9.17, 15) is 0 Å². The van der Waals surface area contributed by atoms with Gasteiger partial charge in [-0.2, -0.15) is 0 Å².